The van der Waals surface area contributed by atoms with Gasteiger partial charge in [-0.2, -0.15) is 0 Å². The molecule has 0 amide bonds. The van der Waals surface area contributed by atoms with E-state index in [9.17, 15) is 8.42 Å². The van der Waals surface area contributed by atoms with Crippen LogP contribution in [0.15, 0.2) is 47.6 Å². The van der Waals surface area contributed by atoms with Crippen molar-refractivity contribution in [2.24, 2.45) is 0 Å². The number of para-hydroxylation sites is 2. The van der Waals surface area contributed by atoms with Gasteiger partial charge in [0.1, 0.15) is 17.0 Å². The van der Waals surface area contributed by atoms with Gasteiger partial charge in [0.05, 0.1) is 17.6 Å². The highest BCUT2D eigenvalue weighted by Crippen LogP contribution is 2.30. The molecular weight excluding hydrogens is 312 g/mol. The van der Waals surface area contributed by atoms with E-state index in [1.807, 2.05) is 26.8 Å². The van der Waals surface area contributed by atoms with Crippen LogP contribution in [0.1, 0.15) is 18.1 Å². The lowest BCUT2D eigenvalue weighted by molar-refractivity contribution is 0.330. The lowest BCUT2D eigenvalue weighted by Gasteiger charge is -2.14. The predicted octanol–water partition coefficient (Wildman–Crippen LogP) is 3.29. The predicted molar refractivity (Wildman–Crippen MR) is 89.4 cm³/mol. The van der Waals surface area contributed by atoms with E-state index in [0.29, 0.717) is 23.4 Å². The van der Waals surface area contributed by atoms with Gasteiger partial charge in [-0.1, -0.05) is 12.1 Å². The Morgan fingerprint density at radius 1 is 1.13 bits per heavy atom. The van der Waals surface area contributed by atoms with Crippen molar-refractivity contribution in [3.05, 3.63) is 53.9 Å². The Hall–Kier alpha value is -2.34. The summed E-state index contributed by atoms with van der Waals surface area (Å²) < 4.78 is 33.0. The van der Waals surface area contributed by atoms with Crippen LogP contribution in [0.5, 0.6) is 5.75 Å². The Bertz CT molecular complexity index is 975. The molecule has 120 valence electrons. The molecule has 1 heterocycles. The molecule has 0 aliphatic carbocycles. The number of benzene rings is 2. The largest absolute Gasteiger partial charge is 0.492 e. The Kier molecular flexibility index (Phi) is 3.85. The second-order valence-corrected chi connectivity index (χ2v) is 7.13. The average molecular weight is 330 g/mol. The van der Waals surface area contributed by atoms with Crippen LogP contribution in [0.25, 0.3) is 11.0 Å². The lowest BCUT2D eigenvalue weighted by atomic mass is 10.1. The van der Waals surface area contributed by atoms with Gasteiger partial charge in [0.2, 0.25) is 0 Å². The Morgan fingerprint density at radius 2 is 1.83 bits per heavy atom. The van der Waals surface area contributed by atoms with E-state index in [1.54, 1.807) is 30.3 Å². The zero-order chi connectivity index (χ0) is 16.6. The third-order valence-electron chi connectivity index (χ3n) is 3.82. The second kappa shape index (κ2) is 5.70. The van der Waals surface area contributed by atoms with Crippen molar-refractivity contribution in [1.29, 1.82) is 0 Å². The standard InChI is InChI=1S/C17H18N2O3S/c1-4-22-16-9-12(2)13(3)10-17(16)23(20,21)19-11-18-14-7-5-6-8-15(14)19/h5-11H,4H2,1-3H3. The summed E-state index contributed by atoms with van der Waals surface area (Å²) in [5.74, 6) is 0.369. The minimum Gasteiger partial charge on any atom is -0.492 e. The molecule has 5 nitrogen and oxygen atoms in total. The molecule has 2 aromatic carbocycles. The van der Waals surface area contributed by atoms with Crippen molar-refractivity contribution in [3.8, 4) is 5.75 Å². The van der Waals surface area contributed by atoms with Gasteiger partial charge in [-0.05, 0) is 56.2 Å². The lowest BCUT2D eigenvalue weighted by Crippen LogP contribution is -2.14. The van der Waals surface area contributed by atoms with E-state index in [0.717, 1.165) is 11.1 Å². The minimum atomic E-state index is -3.79. The Balaban J connectivity index is 2.26. The quantitative estimate of drug-likeness (QED) is 0.736. The summed E-state index contributed by atoms with van der Waals surface area (Å²) in [6.45, 7) is 6.05. The first-order valence-corrected chi connectivity index (χ1v) is 8.81. The van der Waals surface area contributed by atoms with Crippen LogP contribution >= 0.6 is 0 Å². The highest BCUT2D eigenvalue weighted by molar-refractivity contribution is 7.90. The van der Waals surface area contributed by atoms with Crippen molar-refractivity contribution in [2.45, 2.75) is 25.7 Å². The van der Waals surface area contributed by atoms with Gasteiger partial charge < -0.3 is 4.74 Å². The maximum Gasteiger partial charge on any atom is 0.273 e. The molecule has 0 spiro atoms. The maximum atomic E-state index is 13.1. The van der Waals surface area contributed by atoms with Crippen molar-refractivity contribution in [3.63, 3.8) is 0 Å². The van der Waals surface area contributed by atoms with E-state index < -0.39 is 10.0 Å². The van der Waals surface area contributed by atoms with Gasteiger partial charge in [-0.15, -0.1) is 0 Å². The van der Waals surface area contributed by atoms with Crippen LogP contribution < -0.4 is 4.74 Å². The van der Waals surface area contributed by atoms with E-state index in [4.69, 9.17) is 4.74 Å². The molecule has 0 aliphatic heterocycles. The fourth-order valence-electron chi connectivity index (χ4n) is 2.47. The summed E-state index contributed by atoms with van der Waals surface area (Å²) in [6, 6.07) is 10.6. The summed E-state index contributed by atoms with van der Waals surface area (Å²) in [5.41, 5.74) is 3.07. The molecule has 0 bridgehead atoms. The summed E-state index contributed by atoms with van der Waals surface area (Å²) >= 11 is 0. The molecule has 23 heavy (non-hydrogen) atoms. The second-order valence-electron chi connectivity index (χ2n) is 5.35. The summed E-state index contributed by atoms with van der Waals surface area (Å²) in [5, 5.41) is 0. The Labute approximate surface area is 135 Å². The summed E-state index contributed by atoms with van der Waals surface area (Å²) in [6.07, 6.45) is 1.34. The monoisotopic (exact) mass is 330 g/mol. The molecule has 0 fully saturated rings. The molecule has 0 radical (unpaired) electrons. The fraction of sp³-hybridized carbons (Fsp3) is 0.235. The summed E-state index contributed by atoms with van der Waals surface area (Å²) in [4.78, 5) is 4.33. The van der Waals surface area contributed by atoms with Crippen LogP contribution in [0.3, 0.4) is 0 Å². The van der Waals surface area contributed by atoms with Crippen LogP contribution in [0.4, 0.5) is 0 Å². The van der Waals surface area contributed by atoms with E-state index in [2.05, 4.69) is 4.98 Å². The number of aromatic nitrogens is 2. The molecule has 0 unspecified atom stereocenters. The molecule has 0 N–H and O–H groups in total. The van der Waals surface area contributed by atoms with Crippen molar-refractivity contribution < 1.29 is 13.2 Å². The van der Waals surface area contributed by atoms with Gasteiger partial charge >= 0.3 is 0 Å². The number of imidazole rings is 1. The third kappa shape index (κ3) is 2.59. The SMILES string of the molecule is CCOc1cc(C)c(C)cc1S(=O)(=O)n1cnc2ccccc21. The molecular formula is C17H18N2O3S. The first kappa shape index (κ1) is 15.6. The van der Waals surface area contributed by atoms with Crippen LogP contribution in [-0.2, 0) is 10.0 Å². The highest BCUT2D eigenvalue weighted by atomic mass is 32.2. The Morgan fingerprint density at radius 3 is 2.57 bits per heavy atom. The number of hydrogen-bond donors (Lipinski definition) is 0. The third-order valence-corrected chi connectivity index (χ3v) is 5.50. The van der Waals surface area contributed by atoms with Crippen LogP contribution in [-0.4, -0.2) is 24.0 Å². The van der Waals surface area contributed by atoms with Crippen LogP contribution in [0.2, 0.25) is 0 Å². The molecule has 1 aromatic heterocycles. The number of aryl methyl sites for hydroxylation is 2. The van der Waals surface area contributed by atoms with Crippen molar-refractivity contribution in [2.75, 3.05) is 6.61 Å². The topological polar surface area (TPSA) is 61.2 Å². The number of fused-ring (bicyclic) bond motifs is 1. The van der Waals surface area contributed by atoms with E-state index in [-0.39, 0.29) is 4.90 Å². The molecule has 0 saturated carbocycles. The average Bonchev–Trinajstić information content (AvgIpc) is 2.95. The number of rotatable bonds is 4. The van der Waals surface area contributed by atoms with Gasteiger partial charge in [-0.25, -0.2) is 17.4 Å². The van der Waals surface area contributed by atoms with Crippen LogP contribution in [0, 0.1) is 13.8 Å². The highest BCUT2D eigenvalue weighted by Gasteiger charge is 2.24. The minimum absolute atomic E-state index is 0.158. The molecule has 3 rings (SSSR count). The number of ether oxygens (including phenoxy) is 1. The van der Waals surface area contributed by atoms with Gasteiger partial charge in [-0.3, -0.25) is 0 Å². The number of nitrogens with zero attached hydrogens (tertiary/aromatic N) is 2. The molecule has 3 aromatic rings. The fourth-order valence-corrected chi connectivity index (χ4v) is 3.96. The van der Waals surface area contributed by atoms with E-state index >= 15 is 0 Å². The molecule has 6 heteroatoms. The summed E-state index contributed by atoms with van der Waals surface area (Å²) in [7, 11) is -3.79. The van der Waals surface area contributed by atoms with Crippen molar-refractivity contribution >= 4 is 21.1 Å². The molecule has 0 aliphatic rings. The zero-order valence-corrected chi connectivity index (χ0v) is 14.1. The number of hydrogen-bond acceptors (Lipinski definition) is 4. The first-order chi connectivity index (χ1) is 10.9. The normalized spacial score (nSPS) is 11.8. The smallest absolute Gasteiger partial charge is 0.273 e. The van der Waals surface area contributed by atoms with E-state index in [1.165, 1.54) is 10.3 Å². The van der Waals surface area contributed by atoms with Gasteiger partial charge in [0.25, 0.3) is 10.0 Å². The zero-order valence-electron chi connectivity index (χ0n) is 13.3. The van der Waals surface area contributed by atoms with Gasteiger partial charge in [0.15, 0.2) is 0 Å². The molecule has 0 atom stereocenters. The first-order valence-electron chi connectivity index (χ1n) is 7.37. The van der Waals surface area contributed by atoms with Gasteiger partial charge in [0, 0.05) is 0 Å². The maximum absolute atomic E-state index is 13.1. The van der Waals surface area contributed by atoms with Crippen molar-refractivity contribution in [1.82, 2.24) is 8.96 Å². The molecule has 0 saturated heterocycles.